The molecule has 1 N–H and O–H groups in total. The molecule has 4 fully saturated rings. The molecule has 1 aromatic carbocycles. The van der Waals surface area contributed by atoms with E-state index in [0.717, 1.165) is 59.3 Å². The van der Waals surface area contributed by atoms with Crippen LogP contribution in [0.5, 0.6) is 0 Å². The Morgan fingerprint density at radius 2 is 1.94 bits per heavy atom. The topological polar surface area (TPSA) is 45.0 Å². The highest BCUT2D eigenvalue weighted by atomic mass is 16.5. The molecule has 3 unspecified atom stereocenters. The first-order chi connectivity index (χ1) is 15.5. The van der Waals surface area contributed by atoms with E-state index in [4.69, 9.17) is 4.74 Å². The Kier molecular flexibility index (Phi) is 6.28. The van der Waals surface area contributed by atoms with Gasteiger partial charge in [-0.05, 0) is 130 Å². The van der Waals surface area contributed by atoms with Crippen LogP contribution in [0, 0.1) is 58.2 Å². The van der Waals surface area contributed by atoms with Gasteiger partial charge in [-0.15, -0.1) is 0 Å². The summed E-state index contributed by atoms with van der Waals surface area (Å²) in [5.74, 6) is 6.38. The van der Waals surface area contributed by atoms with Crippen molar-refractivity contribution in [1.82, 2.24) is 0 Å². The van der Waals surface area contributed by atoms with E-state index in [0.29, 0.717) is 11.5 Å². The summed E-state index contributed by atoms with van der Waals surface area (Å²) < 4.78 is 5.51. The monoisotopic (exact) mass is 434 g/mol. The third-order valence-electron chi connectivity index (χ3n) is 10.5. The van der Waals surface area contributed by atoms with Gasteiger partial charge in [-0.2, -0.15) is 5.26 Å². The van der Waals surface area contributed by atoms with Crippen molar-refractivity contribution in [3.05, 3.63) is 29.8 Å². The summed E-state index contributed by atoms with van der Waals surface area (Å²) in [7, 11) is 1.87. The van der Waals surface area contributed by atoms with Gasteiger partial charge in [0.05, 0.1) is 11.6 Å². The van der Waals surface area contributed by atoms with Gasteiger partial charge in [-0.25, -0.2) is 0 Å². The quantitative estimate of drug-likeness (QED) is 0.549. The molecular formula is C29H42N2O. The number of ether oxygens (including phenoxy) is 1. The second kappa shape index (κ2) is 9.02. The molecule has 3 nitrogen and oxygen atoms in total. The first kappa shape index (κ1) is 22.3. The highest BCUT2D eigenvalue weighted by Gasteiger charge is 2.57. The zero-order chi connectivity index (χ0) is 22.3. The van der Waals surface area contributed by atoms with E-state index in [-0.39, 0.29) is 0 Å². The van der Waals surface area contributed by atoms with Crippen LogP contribution >= 0.6 is 0 Å². The number of benzene rings is 1. The van der Waals surface area contributed by atoms with Crippen LogP contribution in [0.25, 0.3) is 0 Å². The predicted molar refractivity (Wildman–Crippen MR) is 130 cm³/mol. The SMILES string of the molecule is COC[C@H]1CC[C@@H]2C3CC[C@@]4(C)C(CCC4[C@@H](C)Nc4cccc(C#N)c4)[C@@H]3CC[C@@H]2C1. The molecule has 32 heavy (non-hydrogen) atoms. The lowest BCUT2D eigenvalue weighted by molar-refractivity contribution is -0.0728. The number of nitrogens with one attached hydrogen (secondary N) is 1. The maximum Gasteiger partial charge on any atom is 0.0992 e. The maximum absolute atomic E-state index is 9.25. The van der Waals surface area contributed by atoms with E-state index in [1.54, 1.807) is 0 Å². The summed E-state index contributed by atoms with van der Waals surface area (Å²) >= 11 is 0. The standard InChI is InChI=1S/C29H42N2O/c1-19(31-23-6-4-5-20(16-23)17-30)27-11-12-28-26-10-8-22-15-21(18-32-3)7-9-24(22)25(26)13-14-29(27,28)2/h4-6,16,19,21-22,24-28,31H,7-15,18H2,1-3H3/t19-,21+,22-,24+,25?,26-,27?,28?,29-/m1/s1. The highest BCUT2D eigenvalue weighted by molar-refractivity contribution is 5.49. The number of anilines is 1. The first-order valence-electron chi connectivity index (χ1n) is 13.3. The second-order valence-corrected chi connectivity index (χ2v) is 11.9. The number of hydrogen-bond acceptors (Lipinski definition) is 3. The fourth-order valence-corrected chi connectivity index (χ4v) is 9.24. The molecule has 4 saturated carbocycles. The zero-order valence-corrected chi connectivity index (χ0v) is 20.4. The van der Waals surface area contributed by atoms with Gasteiger partial charge in [-0.1, -0.05) is 13.0 Å². The number of rotatable bonds is 5. The molecule has 0 amide bonds. The molecule has 4 aliphatic rings. The lowest BCUT2D eigenvalue weighted by Crippen LogP contribution is -2.50. The van der Waals surface area contributed by atoms with Gasteiger partial charge in [-0.3, -0.25) is 0 Å². The van der Waals surface area contributed by atoms with Crippen molar-refractivity contribution in [2.75, 3.05) is 19.0 Å². The Hall–Kier alpha value is -1.53. The fraction of sp³-hybridized carbons (Fsp3) is 0.759. The lowest BCUT2D eigenvalue weighted by Gasteiger charge is -2.56. The van der Waals surface area contributed by atoms with Crippen LogP contribution < -0.4 is 5.32 Å². The number of nitriles is 1. The van der Waals surface area contributed by atoms with Crippen molar-refractivity contribution in [3.8, 4) is 6.07 Å². The van der Waals surface area contributed by atoms with Gasteiger partial charge in [0, 0.05) is 25.4 Å². The van der Waals surface area contributed by atoms with Gasteiger partial charge in [0.2, 0.25) is 0 Å². The summed E-state index contributed by atoms with van der Waals surface area (Å²) in [5, 5.41) is 13.0. The van der Waals surface area contributed by atoms with Crippen molar-refractivity contribution >= 4 is 5.69 Å². The van der Waals surface area contributed by atoms with Crippen molar-refractivity contribution in [2.24, 2.45) is 46.8 Å². The fourth-order valence-electron chi connectivity index (χ4n) is 9.24. The number of hydrogen-bond donors (Lipinski definition) is 1. The Balaban J connectivity index is 1.27. The Morgan fingerprint density at radius 1 is 1.09 bits per heavy atom. The third-order valence-corrected chi connectivity index (χ3v) is 10.5. The van der Waals surface area contributed by atoms with Crippen LogP contribution in [-0.2, 0) is 4.74 Å². The summed E-state index contributed by atoms with van der Waals surface area (Å²) in [6.07, 6.45) is 12.9. The van der Waals surface area contributed by atoms with E-state index in [9.17, 15) is 5.26 Å². The molecular weight excluding hydrogens is 392 g/mol. The van der Waals surface area contributed by atoms with E-state index in [1.807, 2.05) is 25.3 Å². The second-order valence-electron chi connectivity index (χ2n) is 11.9. The molecule has 1 aromatic rings. The smallest absolute Gasteiger partial charge is 0.0992 e. The molecule has 0 bridgehead atoms. The molecule has 3 heteroatoms. The number of methoxy groups -OCH3 is 1. The van der Waals surface area contributed by atoms with Gasteiger partial charge in [0.15, 0.2) is 0 Å². The molecule has 0 aliphatic heterocycles. The Bertz CT molecular complexity index is 846. The minimum Gasteiger partial charge on any atom is -0.384 e. The molecule has 0 heterocycles. The minimum absolute atomic E-state index is 0.455. The summed E-state index contributed by atoms with van der Waals surface area (Å²) in [6, 6.07) is 10.7. The predicted octanol–water partition coefficient (Wildman–Crippen LogP) is 6.89. The molecule has 4 aliphatic carbocycles. The molecule has 0 saturated heterocycles. The van der Waals surface area contributed by atoms with Crippen LogP contribution in [0.3, 0.4) is 0 Å². The van der Waals surface area contributed by atoms with Crippen LogP contribution in [-0.4, -0.2) is 19.8 Å². The molecule has 174 valence electrons. The average molecular weight is 435 g/mol. The van der Waals surface area contributed by atoms with Crippen LogP contribution in [0.1, 0.15) is 77.2 Å². The molecule has 9 atom stereocenters. The van der Waals surface area contributed by atoms with Gasteiger partial charge < -0.3 is 10.1 Å². The van der Waals surface area contributed by atoms with Crippen LogP contribution in [0.2, 0.25) is 0 Å². The van der Waals surface area contributed by atoms with E-state index in [1.165, 1.54) is 57.8 Å². The largest absolute Gasteiger partial charge is 0.384 e. The maximum atomic E-state index is 9.25. The van der Waals surface area contributed by atoms with Crippen molar-refractivity contribution < 1.29 is 4.74 Å². The highest BCUT2D eigenvalue weighted by Crippen LogP contribution is 2.65. The first-order valence-corrected chi connectivity index (χ1v) is 13.3. The summed E-state index contributed by atoms with van der Waals surface area (Å²) in [5.41, 5.74) is 2.32. The molecule has 0 aromatic heterocycles. The van der Waals surface area contributed by atoms with E-state index >= 15 is 0 Å². The molecule has 5 rings (SSSR count). The van der Waals surface area contributed by atoms with Crippen molar-refractivity contribution in [1.29, 1.82) is 5.26 Å². The third kappa shape index (κ3) is 3.87. The van der Waals surface area contributed by atoms with Crippen LogP contribution in [0.15, 0.2) is 24.3 Å². The molecule has 0 radical (unpaired) electrons. The number of fused-ring (bicyclic) bond motifs is 5. The van der Waals surface area contributed by atoms with Crippen molar-refractivity contribution in [3.63, 3.8) is 0 Å². The Morgan fingerprint density at radius 3 is 2.75 bits per heavy atom. The van der Waals surface area contributed by atoms with Gasteiger partial charge >= 0.3 is 0 Å². The zero-order valence-electron chi connectivity index (χ0n) is 20.4. The lowest BCUT2D eigenvalue weighted by atomic mass is 9.49. The summed E-state index contributed by atoms with van der Waals surface area (Å²) in [4.78, 5) is 0. The van der Waals surface area contributed by atoms with Crippen molar-refractivity contribution in [2.45, 2.75) is 77.7 Å². The minimum atomic E-state index is 0.455. The van der Waals surface area contributed by atoms with Gasteiger partial charge in [0.1, 0.15) is 0 Å². The van der Waals surface area contributed by atoms with Crippen LogP contribution in [0.4, 0.5) is 5.69 Å². The van der Waals surface area contributed by atoms with E-state index in [2.05, 4.69) is 31.3 Å². The van der Waals surface area contributed by atoms with E-state index < -0.39 is 0 Å². The van der Waals surface area contributed by atoms with Gasteiger partial charge in [0.25, 0.3) is 0 Å². The summed E-state index contributed by atoms with van der Waals surface area (Å²) in [6.45, 7) is 6.00. The normalized spacial score (nSPS) is 41.6. The average Bonchev–Trinajstić information content (AvgIpc) is 3.16. The number of nitrogens with zero attached hydrogens (tertiary/aromatic N) is 1. The Labute approximate surface area is 195 Å². The molecule has 0 spiro atoms.